The van der Waals surface area contributed by atoms with E-state index in [1.54, 1.807) is 6.08 Å². The molecule has 9 heteroatoms. The summed E-state index contributed by atoms with van der Waals surface area (Å²) in [5.74, 6) is -0.205. The van der Waals surface area contributed by atoms with Crippen molar-refractivity contribution < 1.29 is 32.9 Å². The number of hydrogen-bond donors (Lipinski definition) is 2. The summed E-state index contributed by atoms with van der Waals surface area (Å²) in [6, 6.07) is -0.904. The molecule has 0 fully saturated rings. The number of allylic oxidation sites excluding steroid dienone is 13. The second-order valence-electron chi connectivity index (χ2n) is 23.1. The van der Waals surface area contributed by atoms with Crippen LogP contribution >= 0.6 is 7.82 Å². The summed E-state index contributed by atoms with van der Waals surface area (Å²) in [6.07, 6.45) is 82.8. The number of phosphoric acid groups is 1. The highest BCUT2D eigenvalue weighted by Gasteiger charge is 2.23. The Hall–Kier alpha value is -2.32. The molecule has 0 aliphatic heterocycles. The van der Waals surface area contributed by atoms with E-state index in [1.807, 2.05) is 27.2 Å². The molecule has 0 aromatic heterocycles. The quantitative estimate of drug-likeness (QED) is 0.0272. The number of unbranched alkanes of at least 4 members (excludes halogenated alkanes) is 34. The Morgan fingerprint density at radius 1 is 0.468 bits per heavy atom. The van der Waals surface area contributed by atoms with E-state index in [-0.39, 0.29) is 12.5 Å². The maximum Gasteiger partial charge on any atom is 0.268 e. The van der Waals surface area contributed by atoms with Crippen LogP contribution in [0.3, 0.4) is 0 Å². The third kappa shape index (κ3) is 61.2. The first-order valence-corrected chi connectivity index (χ1v) is 33.9. The van der Waals surface area contributed by atoms with Crippen molar-refractivity contribution in [3.63, 3.8) is 0 Å². The fourth-order valence-electron chi connectivity index (χ4n) is 9.32. The van der Waals surface area contributed by atoms with Crippen molar-refractivity contribution in [3.8, 4) is 0 Å². The maximum absolute atomic E-state index is 13.0. The Morgan fingerprint density at radius 2 is 0.805 bits per heavy atom. The Kier molecular flexibility index (Phi) is 56.6. The van der Waals surface area contributed by atoms with Gasteiger partial charge in [0.1, 0.15) is 13.2 Å². The number of aliphatic hydroxyl groups excluding tert-OH is 1. The van der Waals surface area contributed by atoms with E-state index in [2.05, 4.69) is 92.1 Å². The van der Waals surface area contributed by atoms with Gasteiger partial charge in [-0.2, -0.15) is 0 Å². The molecule has 0 heterocycles. The van der Waals surface area contributed by atoms with Gasteiger partial charge in [-0.05, 0) is 77.0 Å². The lowest BCUT2D eigenvalue weighted by atomic mass is 10.0. The van der Waals surface area contributed by atoms with Crippen molar-refractivity contribution in [1.82, 2.24) is 5.32 Å². The first-order chi connectivity index (χ1) is 37.5. The zero-order valence-corrected chi connectivity index (χ0v) is 52.0. The lowest BCUT2D eigenvalue weighted by Gasteiger charge is -2.29. The molecule has 0 aromatic rings. The normalized spacial score (nSPS) is 14.3. The first-order valence-electron chi connectivity index (χ1n) is 32.4. The van der Waals surface area contributed by atoms with Crippen LogP contribution in [-0.2, 0) is 18.4 Å². The fourth-order valence-corrected chi connectivity index (χ4v) is 10.0. The monoisotopic (exact) mass is 1100 g/mol. The zero-order valence-electron chi connectivity index (χ0n) is 51.1. The van der Waals surface area contributed by atoms with E-state index in [9.17, 15) is 19.4 Å². The van der Waals surface area contributed by atoms with Gasteiger partial charge in [0.2, 0.25) is 5.91 Å². The minimum Gasteiger partial charge on any atom is -0.756 e. The molecule has 0 radical (unpaired) electrons. The smallest absolute Gasteiger partial charge is 0.268 e. The Bertz CT molecular complexity index is 1530. The number of rotatable bonds is 59. The van der Waals surface area contributed by atoms with E-state index in [0.717, 1.165) is 70.6 Å². The number of phosphoric ester groups is 1. The molecule has 3 unspecified atom stereocenters. The van der Waals surface area contributed by atoms with Gasteiger partial charge in [0.05, 0.1) is 39.9 Å². The van der Waals surface area contributed by atoms with Gasteiger partial charge in [0, 0.05) is 6.42 Å². The summed E-state index contributed by atoms with van der Waals surface area (Å²) in [7, 11) is 1.25. The minimum absolute atomic E-state index is 0.00669. The van der Waals surface area contributed by atoms with Crippen LogP contribution in [0.4, 0.5) is 0 Å². The van der Waals surface area contributed by atoms with Crippen LogP contribution in [0, 0.1) is 0 Å². The van der Waals surface area contributed by atoms with Crippen LogP contribution in [0.5, 0.6) is 0 Å². The van der Waals surface area contributed by atoms with Crippen LogP contribution in [0.2, 0.25) is 0 Å². The average Bonchev–Trinajstić information content (AvgIpc) is 3.39. The highest BCUT2D eigenvalue weighted by Crippen LogP contribution is 2.38. The number of carbonyl (C=O) groups is 1. The summed E-state index contributed by atoms with van der Waals surface area (Å²) in [6.45, 7) is 4.52. The van der Waals surface area contributed by atoms with Crippen LogP contribution in [0.1, 0.15) is 290 Å². The highest BCUT2D eigenvalue weighted by atomic mass is 31.2. The summed E-state index contributed by atoms with van der Waals surface area (Å²) in [4.78, 5) is 25.5. The topological polar surface area (TPSA) is 108 Å². The van der Waals surface area contributed by atoms with Crippen molar-refractivity contribution in [1.29, 1.82) is 0 Å². The van der Waals surface area contributed by atoms with Gasteiger partial charge in [-0.1, -0.05) is 292 Å². The van der Waals surface area contributed by atoms with E-state index < -0.39 is 26.6 Å². The second kappa shape index (κ2) is 58.3. The Labute approximate surface area is 477 Å². The molecule has 0 bridgehead atoms. The number of amides is 1. The van der Waals surface area contributed by atoms with Crippen molar-refractivity contribution in [2.75, 3.05) is 40.9 Å². The summed E-state index contributed by atoms with van der Waals surface area (Å²) >= 11 is 0. The standard InChI is InChI=1S/C68H125N2O6P/c1-6-8-10-12-14-16-18-20-22-23-24-25-26-27-28-29-30-31-32-33-34-35-36-37-38-39-40-41-42-43-44-45-46-47-48-50-52-54-56-58-60-62-68(72)69-66(65-76-77(73,74)75-64-63-70(3,4)5)67(71)61-59-57-55-53-51-49-21-19-17-15-13-11-9-7-2/h8,10,14,16,20,22,24-25,27-28,51,53,59,61,66-67,71H,6-7,9,11-13,15,17-19,21,23,26,29-50,52,54-58,60,62-65H2,1-5H3,(H-,69,72,73,74)/b10-8-,16-14-,22-20-,25-24-,28-27-,53-51+,61-59+. The molecule has 0 saturated heterocycles. The van der Waals surface area contributed by atoms with Gasteiger partial charge in [-0.3, -0.25) is 9.36 Å². The third-order valence-corrected chi connectivity index (χ3v) is 15.3. The van der Waals surface area contributed by atoms with Crippen LogP contribution in [-0.4, -0.2) is 68.5 Å². The molecular formula is C68H125N2O6P. The molecule has 0 spiro atoms. The zero-order chi connectivity index (χ0) is 56.3. The second-order valence-corrected chi connectivity index (χ2v) is 24.5. The van der Waals surface area contributed by atoms with Gasteiger partial charge in [0.25, 0.3) is 7.82 Å². The molecule has 0 aromatic carbocycles. The third-order valence-electron chi connectivity index (χ3n) is 14.3. The molecule has 8 nitrogen and oxygen atoms in total. The van der Waals surface area contributed by atoms with Crippen molar-refractivity contribution in [2.24, 2.45) is 0 Å². The number of hydrogen-bond acceptors (Lipinski definition) is 6. The average molecular weight is 1100 g/mol. The molecule has 1 amide bonds. The fraction of sp³-hybridized carbons (Fsp3) is 0.779. The van der Waals surface area contributed by atoms with Crippen molar-refractivity contribution >= 4 is 13.7 Å². The lowest BCUT2D eigenvalue weighted by molar-refractivity contribution is -0.870. The lowest BCUT2D eigenvalue weighted by Crippen LogP contribution is -2.45. The number of nitrogens with zero attached hydrogens (tertiary/aromatic N) is 1. The molecule has 0 aliphatic rings. The number of carbonyl (C=O) groups excluding carboxylic acids is 1. The predicted molar refractivity (Wildman–Crippen MR) is 334 cm³/mol. The van der Waals surface area contributed by atoms with Gasteiger partial charge in [-0.15, -0.1) is 0 Å². The Morgan fingerprint density at radius 3 is 1.21 bits per heavy atom. The van der Waals surface area contributed by atoms with E-state index in [1.165, 1.54) is 199 Å². The van der Waals surface area contributed by atoms with Crippen LogP contribution < -0.4 is 10.2 Å². The summed E-state index contributed by atoms with van der Waals surface area (Å²) in [5, 5.41) is 13.9. The SMILES string of the molecule is CC/C=C\C/C=C\C/C=C\C/C=C\C/C=C\CCCCCCCCCCCCCCCCCCCCCCCCCCCC(=O)NC(COP(=O)([O-])OCC[N+](C)(C)C)C(O)/C=C/CC/C=C/CCCCCCCCCC. The van der Waals surface area contributed by atoms with Gasteiger partial charge >= 0.3 is 0 Å². The Balaban J connectivity index is 3.90. The molecule has 2 N–H and O–H groups in total. The summed E-state index contributed by atoms with van der Waals surface area (Å²) in [5.41, 5.74) is 0. The largest absolute Gasteiger partial charge is 0.756 e. The highest BCUT2D eigenvalue weighted by molar-refractivity contribution is 7.45. The number of nitrogens with one attached hydrogen (secondary N) is 1. The molecule has 0 aliphatic carbocycles. The van der Waals surface area contributed by atoms with Gasteiger partial charge < -0.3 is 28.8 Å². The maximum atomic E-state index is 13.0. The molecule has 0 saturated carbocycles. The minimum atomic E-state index is -4.60. The molecule has 0 rings (SSSR count). The predicted octanol–water partition coefficient (Wildman–Crippen LogP) is 19.7. The first kappa shape index (κ1) is 74.7. The van der Waals surface area contributed by atoms with Crippen LogP contribution in [0.25, 0.3) is 0 Å². The number of aliphatic hydroxyl groups is 1. The summed E-state index contributed by atoms with van der Waals surface area (Å²) < 4.78 is 23.3. The molecule has 448 valence electrons. The molecular weight excluding hydrogens is 972 g/mol. The van der Waals surface area contributed by atoms with Crippen LogP contribution in [0.15, 0.2) is 85.1 Å². The van der Waals surface area contributed by atoms with E-state index in [4.69, 9.17) is 9.05 Å². The van der Waals surface area contributed by atoms with Gasteiger partial charge in [-0.25, -0.2) is 0 Å². The number of likely N-dealkylation sites (N-methyl/N-ethyl adjacent to an activating group) is 1. The van der Waals surface area contributed by atoms with Crippen molar-refractivity contribution in [3.05, 3.63) is 85.1 Å². The molecule has 77 heavy (non-hydrogen) atoms. The van der Waals surface area contributed by atoms with Crippen molar-refractivity contribution in [2.45, 2.75) is 302 Å². The van der Waals surface area contributed by atoms with E-state index >= 15 is 0 Å². The molecule has 3 atom stereocenters. The number of quaternary nitrogens is 1. The van der Waals surface area contributed by atoms with E-state index in [0.29, 0.717) is 17.4 Å². The van der Waals surface area contributed by atoms with Gasteiger partial charge in [0.15, 0.2) is 0 Å².